The lowest BCUT2D eigenvalue weighted by atomic mass is 9.97. The van der Waals surface area contributed by atoms with Crippen LogP contribution in [0.5, 0.6) is 0 Å². The molecule has 0 spiro atoms. The van der Waals surface area contributed by atoms with E-state index in [4.69, 9.17) is 16.7 Å². The van der Waals surface area contributed by atoms with Gasteiger partial charge in [0.1, 0.15) is 6.61 Å². The number of rotatable bonds is 6. The molecule has 21 heavy (non-hydrogen) atoms. The number of aliphatic hydroxyl groups is 1. The second kappa shape index (κ2) is 9.44. The van der Waals surface area contributed by atoms with Crippen molar-refractivity contribution in [1.82, 2.24) is 0 Å². The van der Waals surface area contributed by atoms with Crippen LogP contribution in [-0.4, -0.2) is 17.6 Å². The van der Waals surface area contributed by atoms with E-state index in [1.165, 1.54) is 0 Å². The summed E-state index contributed by atoms with van der Waals surface area (Å²) in [6.07, 6.45) is 3.71. The Bertz CT molecular complexity index is 525. The fraction of sp³-hybridized carbons (Fsp3) is 0.471. The van der Waals surface area contributed by atoms with E-state index in [1.807, 2.05) is 0 Å². The van der Waals surface area contributed by atoms with Gasteiger partial charge in [-0.2, -0.15) is 0 Å². The number of aliphatic hydroxyl groups excluding tert-OH is 1. The molecule has 0 aromatic heterocycles. The number of benzene rings is 1. The van der Waals surface area contributed by atoms with Crippen molar-refractivity contribution in [1.29, 1.82) is 0 Å². The van der Waals surface area contributed by atoms with Gasteiger partial charge in [0.05, 0.1) is 10.7 Å². The molecule has 0 aliphatic rings. The van der Waals surface area contributed by atoms with Crippen molar-refractivity contribution in [2.75, 3.05) is 11.9 Å². The third-order valence-electron chi connectivity index (χ3n) is 3.18. The minimum absolute atomic E-state index is 0.00728. The molecule has 1 aromatic rings. The zero-order chi connectivity index (χ0) is 15.7. The van der Waals surface area contributed by atoms with Gasteiger partial charge >= 0.3 is 0 Å². The Hall–Kier alpha value is -1.50. The molecule has 0 atom stereocenters. The number of anilines is 1. The molecule has 0 heterocycles. The van der Waals surface area contributed by atoms with Gasteiger partial charge in [-0.3, -0.25) is 4.79 Å². The highest BCUT2D eigenvalue weighted by Crippen LogP contribution is 2.24. The lowest BCUT2D eigenvalue weighted by molar-refractivity contribution is -0.120. The fourth-order valence-corrected chi connectivity index (χ4v) is 2.34. The van der Waals surface area contributed by atoms with E-state index in [-0.39, 0.29) is 18.4 Å². The number of carbonyl (C=O) groups is 1. The average molecular weight is 308 g/mol. The summed E-state index contributed by atoms with van der Waals surface area (Å²) in [7, 11) is 0. The molecule has 1 rings (SSSR count). The van der Waals surface area contributed by atoms with Gasteiger partial charge in [0, 0.05) is 11.5 Å². The van der Waals surface area contributed by atoms with Gasteiger partial charge in [-0.15, -0.1) is 0 Å². The van der Waals surface area contributed by atoms with Crippen LogP contribution in [-0.2, 0) is 4.79 Å². The molecule has 0 bridgehead atoms. The van der Waals surface area contributed by atoms with Crippen molar-refractivity contribution in [3.8, 4) is 11.8 Å². The van der Waals surface area contributed by atoms with Crippen molar-refractivity contribution in [3.05, 3.63) is 28.8 Å². The van der Waals surface area contributed by atoms with E-state index in [0.717, 1.165) is 25.7 Å². The van der Waals surface area contributed by atoms with Crippen LogP contribution < -0.4 is 5.32 Å². The summed E-state index contributed by atoms with van der Waals surface area (Å²) in [4.78, 5) is 12.3. The minimum atomic E-state index is -0.195. The van der Waals surface area contributed by atoms with Gasteiger partial charge in [-0.1, -0.05) is 50.1 Å². The Morgan fingerprint density at radius 2 is 2.00 bits per heavy atom. The smallest absolute Gasteiger partial charge is 0.227 e. The fourth-order valence-electron chi connectivity index (χ4n) is 2.18. The van der Waals surface area contributed by atoms with Crippen molar-refractivity contribution >= 4 is 23.2 Å². The maximum atomic E-state index is 12.3. The zero-order valence-corrected chi connectivity index (χ0v) is 13.3. The van der Waals surface area contributed by atoms with Crippen molar-refractivity contribution in [2.24, 2.45) is 5.92 Å². The lowest BCUT2D eigenvalue weighted by Crippen LogP contribution is -2.22. The summed E-state index contributed by atoms with van der Waals surface area (Å²) in [6, 6.07) is 5.20. The Kier molecular flexibility index (Phi) is 7.89. The first-order valence-electron chi connectivity index (χ1n) is 7.32. The monoisotopic (exact) mass is 307 g/mol. The predicted octanol–water partition coefficient (Wildman–Crippen LogP) is 3.84. The first-order valence-corrected chi connectivity index (χ1v) is 7.70. The standard InChI is InChI=1S/C17H22ClNO2/c1-3-6-14(7-4-2)17(21)19-16-12-13(8-5-11-20)9-10-15(16)18/h9-10,12,14,20H,3-4,6-7,11H2,1-2H3,(H,19,21). The zero-order valence-electron chi connectivity index (χ0n) is 12.6. The normalized spacial score (nSPS) is 10.1. The molecule has 2 N–H and O–H groups in total. The van der Waals surface area contributed by atoms with E-state index in [0.29, 0.717) is 16.3 Å². The Morgan fingerprint density at radius 3 is 2.57 bits per heavy atom. The van der Waals surface area contributed by atoms with Crippen LogP contribution in [0, 0.1) is 17.8 Å². The molecule has 0 unspecified atom stereocenters. The SMILES string of the molecule is CCCC(CCC)C(=O)Nc1cc(C#CCO)ccc1Cl. The number of hydrogen-bond acceptors (Lipinski definition) is 2. The molecule has 0 saturated carbocycles. The Labute approximate surface area is 131 Å². The molecule has 1 amide bonds. The average Bonchev–Trinajstić information content (AvgIpc) is 2.47. The molecule has 0 radical (unpaired) electrons. The third kappa shape index (κ3) is 5.79. The number of halogens is 1. The summed E-state index contributed by atoms with van der Waals surface area (Å²) in [5.74, 6) is 5.41. The molecule has 1 aromatic carbocycles. The third-order valence-corrected chi connectivity index (χ3v) is 3.51. The number of nitrogens with one attached hydrogen (secondary N) is 1. The molecule has 0 saturated heterocycles. The highest BCUT2D eigenvalue weighted by atomic mass is 35.5. The number of hydrogen-bond donors (Lipinski definition) is 2. The highest BCUT2D eigenvalue weighted by molar-refractivity contribution is 6.33. The summed E-state index contributed by atoms with van der Waals surface area (Å²) < 4.78 is 0. The van der Waals surface area contributed by atoms with Crippen LogP contribution in [0.1, 0.15) is 45.1 Å². The molecular formula is C17H22ClNO2. The second-order valence-electron chi connectivity index (χ2n) is 4.92. The molecule has 0 aliphatic carbocycles. The number of amides is 1. The van der Waals surface area contributed by atoms with Crippen LogP contribution in [0.2, 0.25) is 5.02 Å². The van der Waals surface area contributed by atoms with Gasteiger partial charge in [-0.05, 0) is 31.0 Å². The van der Waals surface area contributed by atoms with Gasteiger partial charge < -0.3 is 10.4 Å². The first-order chi connectivity index (χ1) is 10.1. The van der Waals surface area contributed by atoms with Crippen LogP contribution in [0.4, 0.5) is 5.69 Å². The van der Waals surface area contributed by atoms with Crippen molar-refractivity contribution < 1.29 is 9.90 Å². The van der Waals surface area contributed by atoms with Crippen molar-refractivity contribution in [3.63, 3.8) is 0 Å². The highest BCUT2D eigenvalue weighted by Gasteiger charge is 2.17. The summed E-state index contributed by atoms with van der Waals surface area (Å²) in [5.41, 5.74) is 1.29. The van der Waals surface area contributed by atoms with E-state index in [2.05, 4.69) is 31.0 Å². The van der Waals surface area contributed by atoms with E-state index < -0.39 is 0 Å². The summed E-state index contributed by atoms with van der Waals surface area (Å²) in [6.45, 7) is 3.96. The van der Waals surface area contributed by atoms with Gasteiger partial charge in [0.15, 0.2) is 0 Å². The van der Waals surface area contributed by atoms with E-state index >= 15 is 0 Å². The van der Waals surface area contributed by atoms with Crippen LogP contribution in [0.25, 0.3) is 0 Å². The second-order valence-corrected chi connectivity index (χ2v) is 5.33. The van der Waals surface area contributed by atoms with Crippen LogP contribution in [0.3, 0.4) is 0 Å². The molecule has 114 valence electrons. The van der Waals surface area contributed by atoms with Gasteiger partial charge in [0.2, 0.25) is 5.91 Å². The van der Waals surface area contributed by atoms with Gasteiger partial charge in [0.25, 0.3) is 0 Å². The van der Waals surface area contributed by atoms with E-state index in [1.54, 1.807) is 18.2 Å². The summed E-state index contributed by atoms with van der Waals surface area (Å²) >= 11 is 6.12. The quantitative estimate of drug-likeness (QED) is 0.785. The first kappa shape index (κ1) is 17.6. The maximum absolute atomic E-state index is 12.3. The number of carbonyl (C=O) groups excluding carboxylic acids is 1. The maximum Gasteiger partial charge on any atom is 0.227 e. The largest absolute Gasteiger partial charge is 0.384 e. The predicted molar refractivity (Wildman–Crippen MR) is 87.4 cm³/mol. The summed E-state index contributed by atoms with van der Waals surface area (Å²) in [5, 5.41) is 12.1. The molecule has 4 heteroatoms. The molecule has 3 nitrogen and oxygen atoms in total. The topological polar surface area (TPSA) is 49.3 Å². The lowest BCUT2D eigenvalue weighted by Gasteiger charge is -2.16. The van der Waals surface area contributed by atoms with E-state index in [9.17, 15) is 4.79 Å². The molecule has 0 fully saturated rings. The van der Waals surface area contributed by atoms with Crippen molar-refractivity contribution in [2.45, 2.75) is 39.5 Å². The molecule has 0 aliphatic heterocycles. The Morgan fingerprint density at radius 1 is 1.33 bits per heavy atom. The Balaban J connectivity index is 2.87. The van der Waals surface area contributed by atoms with Gasteiger partial charge in [-0.25, -0.2) is 0 Å². The van der Waals surface area contributed by atoms with Crippen LogP contribution >= 0.6 is 11.6 Å². The molecular weight excluding hydrogens is 286 g/mol. The van der Waals surface area contributed by atoms with Crippen LogP contribution in [0.15, 0.2) is 18.2 Å². The minimum Gasteiger partial charge on any atom is -0.384 e.